The summed E-state index contributed by atoms with van der Waals surface area (Å²) in [6.45, 7) is 2.05. The van der Waals surface area contributed by atoms with Crippen molar-refractivity contribution >= 4 is 15.7 Å². The quantitative estimate of drug-likeness (QED) is 0.647. The van der Waals surface area contributed by atoms with Crippen molar-refractivity contribution < 1.29 is 13.3 Å². The Balaban J connectivity index is 2.55. The Morgan fingerprint density at radius 3 is 2.68 bits per heavy atom. The van der Waals surface area contributed by atoms with E-state index in [-0.39, 0.29) is 23.2 Å². The molecule has 1 fully saturated rings. The second-order valence-corrected chi connectivity index (χ2v) is 6.47. The summed E-state index contributed by atoms with van der Waals surface area (Å²) < 4.78 is 26.2. The molecule has 1 aromatic carbocycles. The Morgan fingerprint density at radius 2 is 2.16 bits per heavy atom. The van der Waals surface area contributed by atoms with Gasteiger partial charge in [0.15, 0.2) is 4.90 Å². The van der Waals surface area contributed by atoms with Gasteiger partial charge in [0.05, 0.1) is 4.92 Å². The molecule has 0 saturated carbocycles. The number of nitro benzene ring substituents is 1. The van der Waals surface area contributed by atoms with Crippen LogP contribution in [0.5, 0.6) is 0 Å². The lowest BCUT2D eigenvalue weighted by atomic mass is 10.2. The number of nitrogens with zero attached hydrogens (tertiary/aromatic N) is 2. The molecule has 1 aliphatic heterocycles. The van der Waals surface area contributed by atoms with Gasteiger partial charge in [0.25, 0.3) is 5.69 Å². The predicted octanol–water partition coefficient (Wildman–Crippen LogP) is 0.625. The molecular weight excluding hydrogens is 270 g/mol. The fourth-order valence-electron chi connectivity index (χ4n) is 2.22. The highest BCUT2D eigenvalue weighted by molar-refractivity contribution is 7.89. The minimum atomic E-state index is -3.87. The first-order chi connectivity index (χ1) is 8.84. The van der Waals surface area contributed by atoms with E-state index in [0.717, 1.165) is 0 Å². The third-order valence-corrected chi connectivity index (χ3v) is 5.23. The van der Waals surface area contributed by atoms with E-state index in [0.29, 0.717) is 18.5 Å². The third kappa shape index (κ3) is 2.46. The monoisotopic (exact) mass is 285 g/mol. The molecule has 1 saturated heterocycles. The van der Waals surface area contributed by atoms with E-state index in [1.165, 1.54) is 16.4 Å². The average Bonchev–Trinajstić information content (AvgIpc) is 2.75. The van der Waals surface area contributed by atoms with Crippen molar-refractivity contribution in [1.82, 2.24) is 4.31 Å². The van der Waals surface area contributed by atoms with Crippen molar-refractivity contribution in [3.05, 3.63) is 33.9 Å². The second-order valence-electron chi connectivity index (χ2n) is 4.59. The number of rotatable bonds is 3. The van der Waals surface area contributed by atoms with Gasteiger partial charge < -0.3 is 5.73 Å². The van der Waals surface area contributed by atoms with Crippen molar-refractivity contribution in [2.45, 2.75) is 24.3 Å². The number of hydrogen-bond donors (Lipinski definition) is 1. The molecule has 0 spiro atoms. The van der Waals surface area contributed by atoms with Crippen molar-refractivity contribution in [3.8, 4) is 0 Å². The highest BCUT2D eigenvalue weighted by atomic mass is 32.2. The Hall–Kier alpha value is -1.51. The molecule has 0 amide bonds. The Morgan fingerprint density at radius 1 is 1.47 bits per heavy atom. The average molecular weight is 285 g/mol. The van der Waals surface area contributed by atoms with Gasteiger partial charge in [-0.2, -0.15) is 4.31 Å². The molecule has 1 aromatic rings. The van der Waals surface area contributed by atoms with Gasteiger partial charge in [0.1, 0.15) is 0 Å². The van der Waals surface area contributed by atoms with Gasteiger partial charge in [-0.25, -0.2) is 8.42 Å². The van der Waals surface area contributed by atoms with Crippen LogP contribution in [0.3, 0.4) is 0 Å². The molecule has 104 valence electrons. The topological polar surface area (TPSA) is 107 Å². The molecular formula is C11H15N3O4S. The summed E-state index contributed by atoms with van der Waals surface area (Å²) in [4.78, 5) is 10.1. The number of nitro groups is 1. The number of hydrogen-bond acceptors (Lipinski definition) is 5. The van der Waals surface area contributed by atoms with Crippen LogP contribution in [0.4, 0.5) is 5.69 Å². The van der Waals surface area contributed by atoms with Gasteiger partial charge in [-0.3, -0.25) is 10.1 Å². The van der Waals surface area contributed by atoms with E-state index >= 15 is 0 Å². The Labute approximate surface area is 111 Å². The molecule has 2 N–H and O–H groups in total. The number of aryl methyl sites for hydroxylation is 1. The van der Waals surface area contributed by atoms with Crippen molar-refractivity contribution in [2.24, 2.45) is 5.73 Å². The zero-order chi connectivity index (χ0) is 14.2. The Kier molecular flexibility index (Phi) is 3.57. The number of benzene rings is 1. The zero-order valence-corrected chi connectivity index (χ0v) is 11.3. The fraction of sp³-hybridized carbons (Fsp3) is 0.455. The maximum absolute atomic E-state index is 12.5. The molecule has 0 radical (unpaired) electrons. The predicted molar refractivity (Wildman–Crippen MR) is 69.2 cm³/mol. The van der Waals surface area contributed by atoms with Gasteiger partial charge >= 0.3 is 0 Å². The summed E-state index contributed by atoms with van der Waals surface area (Å²) in [7, 11) is -3.87. The number of sulfonamides is 1. The lowest BCUT2D eigenvalue weighted by Gasteiger charge is -2.17. The number of nitrogens with two attached hydrogens (primary N) is 1. The highest BCUT2D eigenvalue weighted by Crippen LogP contribution is 2.31. The third-order valence-electron chi connectivity index (χ3n) is 3.17. The SMILES string of the molecule is Cc1cccc([N+](=O)[O-])c1S(=O)(=O)N1CC[C@@H](N)C1. The zero-order valence-electron chi connectivity index (χ0n) is 10.4. The minimum absolute atomic E-state index is 0.202. The van der Waals surface area contributed by atoms with E-state index in [1.54, 1.807) is 13.0 Å². The molecule has 7 nitrogen and oxygen atoms in total. The second kappa shape index (κ2) is 4.87. The van der Waals surface area contributed by atoms with Gasteiger partial charge in [-0.15, -0.1) is 0 Å². The van der Waals surface area contributed by atoms with E-state index < -0.39 is 14.9 Å². The summed E-state index contributed by atoms with van der Waals surface area (Å²) in [5, 5.41) is 11.0. The van der Waals surface area contributed by atoms with Crippen LogP contribution in [0, 0.1) is 17.0 Å². The molecule has 2 rings (SSSR count). The van der Waals surface area contributed by atoms with Crippen LogP contribution in [-0.4, -0.2) is 36.8 Å². The largest absolute Gasteiger partial charge is 0.326 e. The van der Waals surface area contributed by atoms with Gasteiger partial charge in [-0.1, -0.05) is 12.1 Å². The molecule has 0 bridgehead atoms. The van der Waals surface area contributed by atoms with E-state index in [4.69, 9.17) is 5.73 Å². The molecule has 19 heavy (non-hydrogen) atoms. The molecule has 0 unspecified atom stereocenters. The first-order valence-corrected chi connectivity index (χ1v) is 7.28. The van der Waals surface area contributed by atoms with Crippen LogP contribution >= 0.6 is 0 Å². The minimum Gasteiger partial charge on any atom is -0.326 e. The Bertz CT molecular complexity index is 614. The van der Waals surface area contributed by atoms with Crippen LogP contribution < -0.4 is 5.73 Å². The molecule has 1 aliphatic rings. The van der Waals surface area contributed by atoms with Crippen molar-refractivity contribution in [1.29, 1.82) is 0 Å². The molecule has 0 aliphatic carbocycles. The lowest BCUT2D eigenvalue weighted by Crippen LogP contribution is -2.32. The standard InChI is InChI=1S/C11H15N3O4S/c1-8-3-2-4-10(14(15)16)11(8)19(17,18)13-6-5-9(12)7-13/h2-4,9H,5-7,12H2,1H3/t9-/m1/s1. The van der Waals surface area contributed by atoms with Crippen LogP contribution in [0.1, 0.15) is 12.0 Å². The van der Waals surface area contributed by atoms with Crippen molar-refractivity contribution in [2.75, 3.05) is 13.1 Å². The molecule has 8 heteroatoms. The lowest BCUT2D eigenvalue weighted by molar-refractivity contribution is -0.387. The molecule has 1 atom stereocenters. The normalized spacial score (nSPS) is 20.6. The van der Waals surface area contributed by atoms with Gasteiger partial charge in [-0.05, 0) is 18.9 Å². The maximum atomic E-state index is 12.5. The summed E-state index contributed by atoms with van der Waals surface area (Å²) in [6.07, 6.45) is 0.568. The van der Waals surface area contributed by atoms with Crippen LogP contribution in [0.2, 0.25) is 0 Å². The summed E-state index contributed by atoms with van der Waals surface area (Å²) in [5.41, 5.74) is 5.68. The smallest absolute Gasteiger partial charge is 0.289 e. The first kappa shape index (κ1) is 13.9. The first-order valence-electron chi connectivity index (χ1n) is 5.84. The van der Waals surface area contributed by atoms with E-state index in [2.05, 4.69) is 0 Å². The van der Waals surface area contributed by atoms with Crippen molar-refractivity contribution in [3.63, 3.8) is 0 Å². The molecule has 0 aromatic heterocycles. The summed E-state index contributed by atoms with van der Waals surface area (Å²) >= 11 is 0. The summed E-state index contributed by atoms with van der Waals surface area (Å²) in [6, 6.07) is 4.02. The summed E-state index contributed by atoms with van der Waals surface area (Å²) in [5.74, 6) is 0. The van der Waals surface area contributed by atoms with Gasteiger partial charge in [0.2, 0.25) is 10.0 Å². The van der Waals surface area contributed by atoms with Gasteiger partial charge in [0, 0.05) is 25.2 Å². The van der Waals surface area contributed by atoms with Crippen LogP contribution in [-0.2, 0) is 10.0 Å². The van der Waals surface area contributed by atoms with Crippen LogP contribution in [0.15, 0.2) is 23.1 Å². The van der Waals surface area contributed by atoms with E-state index in [9.17, 15) is 18.5 Å². The molecule has 1 heterocycles. The van der Waals surface area contributed by atoms with E-state index in [1.807, 2.05) is 0 Å². The van der Waals surface area contributed by atoms with Crippen LogP contribution in [0.25, 0.3) is 0 Å². The highest BCUT2D eigenvalue weighted by Gasteiger charge is 2.36. The fourth-order valence-corrected chi connectivity index (χ4v) is 4.09. The maximum Gasteiger partial charge on any atom is 0.289 e.